The Labute approximate surface area is 297 Å². The van der Waals surface area contributed by atoms with E-state index in [4.69, 9.17) is 14.2 Å². The van der Waals surface area contributed by atoms with Crippen LogP contribution < -0.4 is 28.3 Å². The molecule has 2 aromatic heterocycles. The number of hydrogen-bond acceptors (Lipinski definition) is 18. The molecule has 2 heterocycles. The molecule has 0 aliphatic carbocycles. The zero-order valence-corrected chi connectivity index (χ0v) is 29.1. The van der Waals surface area contributed by atoms with Crippen LogP contribution >= 0.6 is 0 Å². The lowest BCUT2D eigenvalue weighted by Crippen LogP contribution is -2.55. The molecule has 2 unspecified atom stereocenters. The van der Waals surface area contributed by atoms with E-state index in [1.807, 2.05) is 0 Å². The first-order valence-corrected chi connectivity index (χ1v) is 15.9. The second-order valence-corrected chi connectivity index (χ2v) is 11.9. The van der Waals surface area contributed by atoms with E-state index in [0.29, 0.717) is 24.5 Å². The van der Waals surface area contributed by atoms with Gasteiger partial charge in [-0.05, 0) is 11.8 Å². The van der Waals surface area contributed by atoms with Gasteiger partial charge in [0.2, 0.25) is 0 Å². The van der Waals surface area contributed by atoms with Gasteiger partial charge in [0.15, 0.2) is 0 Å². The van der Waals surface area contributed by atoms with E-state index in [2.05, 4.69) is 4.74 Å². The summed E-state index contributed by atoms with van der Waals surface area (Å²) in [6.45, 7) is -0.941. The molecule has 2 rings (SSSR count). The van der Waals surface area contributed by atoms with Crippen LogP contribution in [0.5, 0.6) is 0 Å². The number of carbonyl (C=O) groups is 4. The van der Waals surface area contributed by atoms with E-state index in [1.54, 1.807) is 27.7 Å². The highest BCUT2D eigenvalue weighted by Gasteiger charge is 2.25. The molecule has 0 bridgehead atoms. The van der Waals surface area contributed by atoms with Crippen molar-refractivity contribution in [1.82, 2.24) is 22.8 Å². The van der Waals surface area contributed by atoms with Crippen molar-refractivity contribution >= 4 is 29.6 Å². The molecule has 2 aromatic rings. The maximum atomic E-state index is 13.1. The molecular weight excluding hydrogens is 720 g/mol. The van der Waals surface area contributed by atoms with Crippen LogP contribution in [0.4, 0.5) is 5.69 Å². The molecule has 24 heteroatoms. The van der Waals surface area contributed by atoms with Crippen LogP contribution in [0.15, 0.2) is 30.2 Å². The molecule has 0 aromatic carbocycles. The summed E-state index contributed by atoms with van der Waals surface area (Å²) in [5.41, 5.74) is -7.86. The molecule has 53 heavy (non-hydrogen) atoms. The Morgan fingerprint density at radius 1 is 0.679 bits per heavy atom. The molecule has 0 saturated carbocycles. The minimum absolute atomic E-state index is 0.0981. The van der Waals surface area contributed by atoms with E-state index in [9.17, 15) is 68.6 Å². The van der Waals surface area contributed by atoms with Crippen molar-refractivity contribution < 1.29 is 58.4 Å². The van der Waals surface area contributed by atoms with E-state index in [1.165, 1.54) is 0 Å². The first-order valence-electron chi connectivity index (χ1n) is 15.9. The quantitative estimate of drug-likeness (QED) is 0.0398. The summed E-state index contributed by atoms with van der Waals surface area (Å²) in [6, 6.07) is 0. The van der Waals surface area contributed by atoms with Crippen molar-refractivity contribution in [2.45, 2.75) is 72.6 Å². The maximum absolute atomic E-state index is 13.1. The number of aliphatic hydroxyl groups is 3. The molecule has 0 amide bonds. The number of ether oxygens (including phenoxy) is 4. The van der Waals surface area contributed by atoms with E-state index < -0.39 is 141 Å². The molecule has 0 saturated heterocycles. The summed E-state index contributed by atoms with van der Waals surface area (Å²) in [6.07, 6.45) is -1.64. The fourth-order valence-electron chi connectivity index (χ4n) is 4.05. The van der Waals surface area contributed by atoms with Crippen molar-refractivity contribution in [3.05, 3.63) is 68.6 Å². The Balaban J connectivity index is 2.22. The van der Waals surface area contributed by atoms with Crippen molar-refractivity contribution in [2.75, 3.05) is 33.0 Å². The monoisotopic (exact) mass is 760 g/mol. The van der Waals surface area contributed by atoms with Crippen molar-refractivity contribution in [2.24, 2.45) is 11.8 Å². The highest BCUT2D eigenvalue weighted by Crippen LogP contribution is 2.04. The molecule has 0 aliphatic rings. The van der Waals surface area contributed by atoms with Crippen LogP contribution in [0.25, 0.3) is 0 Å². The van der Waals surface area contributed by atoms with Gasteiger partial charge in [-0.3, -0.25) is 29.1 Å². The van der Waals surface area contributed by atoms with Gasteiger partial charge in [0, 0.05) is 0 Å². The van der Waals surface area contributed by atoms with Gasteiger partial charge in [-0.15, -0.1) is 0 Å². The third-order valence-electron chi connectivity index (χ3n) is 7.34. The molecular formula is C29H40N6O18. The predicted molar refractivity (Wildman–Crippen MR) is 173 cm³/mol. The summed E-state index contributed by atoms with van der Waals surface area (Å²) in [5, 5.41) is 40.3. The highest BCUT2D eigenvalue weighted by atomic mass is 16.6. The number of esters is 4. The Morgan fingerprint density at radius 3 is 1.62 bits per heavy atom. The summed E-state index contributed by atoms with van der Waals surface area (Å²) in [7, 11) is 0. The van der Waals surface area contributed by atoms with Crippen LogP contribution in [-0.2, 0) is 70.8 Å². The third kappa shape index (κ3) is 11.9. The SMILES string of the molecule is CC(C)C(O)COC(=O)Cn1cc([N+](=O)[O-])c(=O)n(CC(=O)OCCn2c(=O)n(CCO)c(=O)n(CCOC(=O)C(=O)OCC(O)C(C)C)c2=O)c1=O. The van der Waals surface area contributed by atoms with Gasteiger partial charge in [-0.1, -0.05) is 27.7 Å². The molecule has 2 atom stereocenters. The first kappa shape index (κ1) is 43.4. The Morgan fingerprint density at radius 2 is 1.13 bits per heavy atom. The van der Waals surface area contributed by atoms with Crippen molar-refractivity contribution in [1.29, 1.82) is 0 Å². The normalized spacial score (nSPS) is 12.3. The fourth-order valence-corrected chi connectivity index (χ4v) is 4.05. The predicted octanol–water partition coefficient (Wildman–Crippen LogP) is -4.70. The van der Waals surface area contributed by atoms with Crippen molar-refractivity contribution in [3.63, 3.8) is 0 Å². The van der Waals surface area contributed by atoms with Gasteiger partial charge >= 0.3 is 57.9 Å². The van der Waals surface area contributed by atoms with E-state index in [0.717, 1.165) is 0 Å². The highest BCUT2D eigenvalue weighted by molar-refractivity contribution is 6.29. The van der Waals surface area contributed by atoms with Crippen LogP contribution in [0.1, 0.15) is 27.7 Å². The zero-order valence-electron chi connectivity index (χ0n) is 29.1. The van der Waals surface area contributed by atoms with Crippen LogP contribution in [0, 0.1) is 22.0 Å². The Bertz CT molecular complexity index is 1970. The zero-order chi connectivity index (χ0) is 40.2. The van der Waals surface area contributed by atoms with Crippen molar-refractivity contribution in [3.8, 4) is 0 Å². The standard InChI is InChI=1S/C29H40N6O18/c1-16(2)19(37)14-52-21(39)12-30-11-18(35(48)49)23(41)34(26(30)44)13-22(40)50-9-6-32-27(45)31(5-8-36)28(46)33(29(32)47)7-10-51-24(42)25(43)53-15-20(38)17(3)4/h11,16-17,19-20,36-38H,5-10,12-15H2,1-4H3. The molecule has 0 radical (unpaired) electrons. The van der Waals surface area contributed by atoms with Gasteiger partial charge in [0.05, 0.1) is 49.6 Å². The maximum Gasteiger partial charge on any atom is 0.417 e. The first-order chi connectivity index (χ1) is 24.8. The second-order valence-electron chi connectivity index (χ2n) is 11.9. The number of nitrogens with zero attached hydrogens (tertiary/aromatic N) is 6. The number of carbonyl (C=O) groups excluding carboxylic acids is 4. The van der Waals surface area contributed by atoms with E-state index >= 15 is 0 Å². The van der Waals surface area contributed by atoms with Crippen LogP contribution in [0.3, 0.4) is 0 Å². The second kappa shape index (κ2) is 19.7. The third-order valence-corrected chi connectivity index (χ3v) is 7.34. The summed E-state index contributed by atoms with van der Waals surface area (Å²) in [4.78, 5) is 123. The molecule has 24 nitrogen and oxygen atoms in total. The lowest BCUT2D eigenvalue weighted by Gasteiger charge is -2.15. The fraction of sp³-hybridized carbons (Fsp3) is 0.621. The van der Waals surface area contributed by atoms with E-state index in [-0.39, 0.29) is 16.4 Å². The lowest BCUT2D eigenvalue weighted by molar-refractivity contribution is -0.387. The largest absolute Gasteiger partial charge is 0.462 e. The average molecular weight is 761 g/mol. The molecule has 294 valence electrons. The van der Waals surface area contributed by atoms with Gasteiger partial charge in [0.1, 0.15) is 39.5 Å². The average Bonchev–Trinajstić information content (AvgIpc) is 3.09. The lowest BCUT2D eigenvalue weighted by atomic mass is 10.1. The Kier molecular flexibility index (Phi) is 16.2. The topological polar surface area (TPSA) is 319 Å². The Hall–Kier alpha value is -5.75. The molecule has 0 spiro atoms. The summed E-state index contributed by atoms with van der Waals surface area (Å²) >= 11 is 0. The minimum atomic E-state index is -1.53. The number of nitro groups is 1. The summed E-state index contributed by atoms with van der Waals surface area (Å²) < 4.78 is 20.9. The number of aromatic nitrogens is 5. The van der Waals surface area contributed by atoms with Gasteiger partial charge in [0.25, 0.3) is 0 Å². The minimum Gasteiger partial charge on any atom is -0.462 e. The van der Waals surface area contributed by atoms with Gasteiger partial charge < -0.3 is 34.3 Å². The van der Waals surface area contributed by atoms with Crippen LogP contribution in [0.2, 0.25) is 0 Å². The van der Waals surface area contributed by atoms with Crippen LogP contribution in [-0.4, -0.2) is 112 Å². The number of hydrogen-bond donors (Lipinski definition) is 3. The number of rotatable bonds is 19. The molecule has 0 fully saturated rings. The number of aliphatic hydroxyl groups excluding tert-OH is 3. The molecule has 3 N–H and O–H groups in total. The van der Waals surface area contributed by atoms with Gasteiger partial charge in [-0.2, -0.15) is 0 Å². The summed E-state index contributed by atoms with van der Waals surface area (Å²) in [5.74, 6) is -6.03. The molecule has 0 aliphatic heterocycles. The smallest absolute Gasteiger partial charge is 0.417 e. The van der Waals surface area contributed by atoms with Gasteiger partial charge in [-0.25, -0.2) is 47.0 Å².